The second kappa shape index (κ2) is 6.59. The van der Waals surface area contributed by atoms with E-state index in [0.29, 0.717) is 16.9 Å². The van der Waals surface area contributed by atoms with E-state index in [9.17, 15) is 14.3 Å². The van der Waals surface area contributed by atoms with Crippen LogP contribution >= 0.6 is 0 Å². The zero-order chi connectivity index (χ0) is 19.3. The van der Waals surface area contributed by atoms with Crippen LogP contribution in [0.15, 0.2) is 24.3 Å². The van der Waals surface area contributed by atoms with Gasteiger partial charge in [0, 0.05) is 29.0 Å². The van der Waals surface area contributed by atoms with E-state index >= 15 is 0 Å². The third-order valence-electron chi connectivity index (χ3n) is 6.02. The maximum absolute atomic E-state index is 14.5. The van der Waals surface area contributed by atoms with Crippen LogP contribution in [-0.4, -0.2) is 45.1 Å². The summed E-state index contributed by atoms with van der Waals surface area (Å²) < 4.78 is 16.2. The Balaban J connectivity index is 1.63. The van der Waals surface area contributed by atoms with E-state index in [1.54, 1.807) is 22.8 Å². The van der Waals surface area contributed by atoms with Crippen molar-refractivity contribution < 1.29 is 14.3 Å². The van der Waals surface area contributed by atoms with Crippen molar-refractivity contribution in [3.05, 3.63) is 52.6 Å². The highest BCUT2D eigenvalue weighted by Gasteiger charge is 2.46. The predicted octanol–water partition coefficient (Wildman–Crippen LogP) is 2.89. The van der Waals surface area contributed by atoms with Crippen molar-refractivity contribution in [1.82, 2.24) is 9.47 Å². The molecule has 2 aliphatic rings. The van der Waals surface area contributed by atoms with Gasteiger partial charge in [-0.25, -0.2) is 4.39 Å². The molecule has 6 heteroatoms. The molecule has 0 radical (unpaired) electrons. The van der Waals surface area contributed by atoms with Crippen LogP contribution < -0.4 is 0 Å². The molecule has 1 N–H and O–H groups in total. The highest BCUT2D eigenvalue weighted by molar-refractivity contribution is 5.99. The SMILES string of the molecule is Cc1cc(C(=O)CN2C3CCC2[C@H](O)C3)c(C)n1-c1ccc(C#N)cc1F. The molecule has 2 aromatic rings. The molecule has 1 aromatic heterocycles. The summed E-state index contributed by atoms with van der Waals surface area (Å²) in [5, 5.41) is 19.0. The number of hydrogen-bond acceptors (Lipinski definition) is 4. The number of hydrogen-bond donors (Lipinski definition) is 1. The van der Waals surface area contributed by atoms with Gasteiger partial charge in [0.1, 0.15) is 5.82 Å². The number of aromatic nitrogens is 1. The summed E-state index contributed by atoms with van der Waals surface area (Å²) in [6.07, 6.45) is 2.38. The Labute approximate surface area is 157 Å². The molecule has 1 aromatic carbocycles. The summed E-state index contributed by atoms with van der Waals surface area (Å²) in [4.78, 5) is 15.1. The van der Waals surface area contributed by atoms with E-state index < -0.39 is 5.82 Å². The molecular weight excluding hydrogens is 345 g/mol. The van der Waals surface area contributed by atoms with Crippen LogP contribution in [0.5, 0.6) is 0 Å². The Morgan fingerprint density at radius 2 is 2.11 bits per heavy atom. The fourth-order valence-electron chi connectivity index (χ4n) is 4.74. The quantitative estimate of drug-likeness (QED) is 0.844. The van der Waals surface area contributed by atoms with Crippen LogP contribution in [-0.2, 0) is 0 Å². The Morgan fingerprint density at radius 3 is 2.70 bits per heavy atom. The van der Waals surface area contributed by atoms with Gasteiger partial charge < -0.3 is 9.67 Å². The van der Waals surface area contributed by atoms with Gasteiger partial charge in [-0.3, -0.25) is 9.69 Å². The number of carbonyl (C=O) groups is 1. The van der Waals surface area contributed by atoms with Gasteiger partial charge >= 0.3 is 0 Å². The third kappa shape index (κ3) is 2.88. The zero-order valence-electron chi connectivity index (χ0n) is 15.4. The van der Waals surface area contributed by atoms with Gasteiger partial charge in [0.15, 0.2) is 5.78 Å². The summed E-state index contributed by atoms with van der Waals surface area (Å²) in [7, 11) is 0. The topological polar surface area (TPSA) is 69.3 Å². The molecule has 0 aliphatic carbocycles. The molecular formula is C21H22FN3O2. The van der Waals surface area contributed by atoms with E-state index in [4.69, 9.17) is 5.26 Å². The first-order chi connectivity index (χ1) is 12.9. The molecule has 0 spiro atoms. The number of aliphatic hydroxyl groups excluding tert-OH is 1. The number of nitrogens with zero attached hydrogens (tertiary/aromatic N) is 3. The molecule has 2 aliphatic heterocycles. The molecule has 27 heavy (non-hydrogen) atoms. The normalized spacial score (nSPS) is 24.3. The van der Waals surface area contributed by atoms with Gasteiger partial charge in [-0.1, -0.05) is 0 Å². The molecule has 3 heterocycles. The second-order valence-electron chi connectivity index (χ2n) is 7.60. The van der Waals surface area contributed by atoms with Gasteiger partial charge in [0.2, 0.25) is 0 Å². The molecule has 4 rings (SSSR count). The summed E-state index contributed by atoms with van der Waals surface area (Å²) in [5.74, 6) is -0.495. The number of fused-ring (bicyclic) bond motifs is 2. The number of rotatable bonds is 4. The number of nitriles is 1. The van der Waals surface area contributed by atoms with Crippen molar-refractivity contribution in [3.63, 3.8) is 0 Å². The van der Waals surface area contributed by atoms with Crippen LogP contribution in [0.2, 0.25) is 0 Å². The molecule has 140 valence electrons. The van der Waals surface area contributed by atoms with E-state index in [2.05, 4.69) is 4.90 Å². The number of aliphatic hydroxyl groups is 1. The third-order valence-corrected chi connectivity index (χ3v) is 6.02. The smallest absolute Gasteiger partial charge is 0.178 e. The van der Waals surface area contributed by atoms with Gasteiger partial charge in [0.25, 0.3) is 0 Å². The van der Waals surface area contributed by atoms with Gasteiger partial charge in [-0.2, -0.15) is 5.26 Å². The first-order valence-corrected chi connectivity index (χ1v) is 9.26. The first-order valence-electron chi connectivity index (χ1n) is 9.26. The zero-order valence-corrected chi connectivity index (χ0v) is 15.4. The summed E-state index contributed by atoms with van der Waals surface area (Å²) in [6, 6.07) is 8.44. The predicted molar refractivity (Wildman–Crippen MR) is 98.4 cm³/mol. The minimum absolute atomic E-state index is 0.00518. The molecule has 5 nitrogen and oxygen atoms in total. The van der Waals surface area contributed by atoms with Gasteiger partial charge in [-0.05, 0) is 57.4 Å². The lowest BCUT2D eigenvalue weighted by Gasteiger charge is -2.21. The maximum Gasteiger partial charge on any atom is 0.178 e. The molecule has 0 amide bonds. The van der Waals surface area contributed by atoms with Crippen LogP contribution in [0.1, 0.15) is 46.6 Å². The lowest BCUT2D eigenvalue weighted by atomic mass is 9.98. The fourth-order valence-corrected chi connectivity index (χ4v) is 4.74. The van der Waals surface area contributed by atoms with Crippen LogP contribution in [0.3, 0.4) is 0 Å². The molecule has 3 atom stereocenters. The lowest BCUT2D eigenvalue weighted by molar-refractivity contribution is 0.0873. The molecule has 2 bridgehead atoms. The first kappa shape index (κ1) is 17.9. The number of benzene rings is 1. The number of carbonyl (C=O) groups excluding carboxylic acids is 1. The second-order valence-corrected chi connectivity index (χ2v) is 7.60. The van der Waals surface area contributed by atoms with Crippen molar-refractivity contribution in [2.75, 3.05) is 6.54 Å². The maximum atomic E-state index is 14.5. The average Bonchev–Trinajstić information content (AvgIpc) is 3.25. The van der Waals surface area contributed by atoms with Crippen LogP contribution in [0.25, 0.3) is 5.69 Å². The van der Waals surface area contributed by atoms with Crippen LogP contribution in [0, 0.1) is 31.0 Å². The number of Topliss-reactive ketones (excluding diaryl/α,β-unsaturated/α-hetero) is 1. The van der Waals surface area contributed by atoms with Crippen molar-refractivity contribution in [1.29, 1.82) is 5.26 Å². The highest BCUT2D eigenvalue weighted by atomic mass is 19.1. The minimum atomic E-state index is -0.490. The Kier molecular flexibility index (Phi) is 4.37. The average molecular weight is 367 g/mol. The number of ketones is 1. The Hall–Kier alpha value is -2.49. The number of aryl methyl sites for hydroxylation is 1. The Bertz CT molecular complexity index is 959. The van der Waals surface area contributed by atoms with Gasteiger partial charge in [0.05, 0.1) is 30.0 Å². The van der Waals surface area contributed by atoms with E-state index in [1.807, 2.05) is 19.9 Å². The number of halogens is 1. The summed E-state index contributed by atoms with van der Waals surface area (Å²) in [5.41, 5.74) is 2.63. The lowest BCUT2D eigenvalue weighted by Crippen LogP contribution is -2.36. The molecule has 2 fully saturated rings. The standard InChI is InChI=1S/C21H22FN3O2/c1-12-7-16(21(27)11-24-15-4-6-19(24)20(26)9-15)13(2)25(12)18-5-3-14(10-23)8-17(18)22/h3,5,7-8,15,19-20,26H,4,6,9,11H2,1-2H3/t15?,19?,20-/m1/s1. The minimum Gasteiger partial charge on any atom is -0.391 e. The molecule has 2 saturated heterocycles. The Morgan fingerprint density at radius 1 is 1.33 bits per heavy atom. The molecule has 0 saturated carbocycles. The van der Waals surface area contributed by atoms with E-state index in [0.717, 1.165) is 25.0 Å². The van der Waals surface area contributed by atoms with E-state index in [1.165, 1.54) is 6.07 Å². The van der Waals surface area contributed by atoms with Gasteiger partial charge in [-0.15, -0.1) is 0 Å². The van der Waals surface area contributed by atoms with Crippen molar-refractivity contribution in [3.8, 4) is 11.8 Å². The summed E-state index contributed by atoms with van der Waals surface area (Å²) in [6.45, 7) is 3.93. The monoisotopic (exact) mass is 367 g/mol. The fraction of sp³-hybridized carbons (Fsp3) is 0.429. The van der Waals surface area contributed by atoms with Crippen molar-refractivity contribution in [2.45, 2.75) is 51.3 Å². The van der Waals surface area contributed by atoms with Crippen molar-refractivity contribution in [2.24, 2.45) is 0 Å². The largest absolute Gasteiger partial charge is 0.391 e. The van der Waals surface area contributed by atoms with E-state index in [-0.39, 0.29) is 36.1 Å². The molecule has 2 unspecified atom stereocenters. The van der Waals surface area contributed by atoms with Crippen LogP contribution in [0.4, 0.5) is 4.39 Å². The summed E-state index contributed by atoms with van der Waals surface area (Å²) >= 11 is 0. The van der Waals surface area contributed by atoms with Crippen molar-refractivity contribution >= 4 is 5.78 Å². The highest BCUT2D eigenvalue weighted by Crippen LogP contribution is 2.37.